The van der Waals surface area contributed by atoms with Gasteiger partial charge in [-0.3, -0.25) is 0 Å². The second kappa shape index (κ2) is 5.82. The average Bonchev–Trinajstić information content (AvgIpc) is 2.55. The molecule has 0 aliphatic heterocycles. The van der Waals surface area contributed by atoms with E-state index in [2.05, 4.69) is 0 Å². The predicted molar refractivity (Wildman–Crippen MR) is 65.0 cm³/mol. The zero-order valence-corrected chi connectivity index (χ0v) is 10.5. The van der Waals surface area contributed by atoms with E-state index in [-0.39, 0.29) is 6.10 Å². The van der Waals surface area contributed by atoms with Gasteiger partial charge >= 0.3 is 6.18 Å². The lowest BCUT2D eigenvalue weighted by molar-refractivity contribution is -0.137. The van der Waals surface area contributed by atoms with Crippen molar-refractivity contribution in [2.45, 2.75) is 50.5 Å². The molecule has 1 aromatic carbocycles. The van der Waals surface area contributed by atoms with Gasteiger partial charge < -0.3 is 9.84 Å². The number of aliphatic hydroxyl groups excluding tert-OH is 1. The van der Waals surface area contributed by atoms with Gasteiger partial charge in [0.15, 0.2) is 0 Å². The number of hydrogen-bond donors (Lipinski definition) is 1. The van der Waals surface area contributed by atoms with E-state index >= 15 is 0 Å². The Balaban J connectivity index is 2.02. The van der Waals surface area contributed by atoms with Crippen LogP contribution in [0.3, 0.4) is 0 Å². The third kappa shape index (κ3) is 3.86. The maximum Gasteiger partial charge on any atom is 0.416 e. The van der Waals surface area contributed by atoms with E-state index < -0.39 is 17.8 Å². The number of benzene rings is 1. The highest BCUT2D eigenvalue weighted by molar-refractivity contribution is 5.29. The van der Waals surface area contributed by atoms with Crippen LogP contribution in [0.2, 0.25) is 0 Å². The van der Waals surface area contributed by atoms with Crippen molar-refractivity contribution in [3.8, 4) is 5.75 Å². The highest BCUT2D eigenvalue weighted by Crippen LogP contribution is 2.31. The van der Waals surface area contributed by atoms with Crippen LogP contribution in [0.1, 0.15) is 37.7 Å². The Morgan fingerprint density at radius 3 is 2.26 bits per heavy atom. The smallest absolute Gasteiger partial charge is 0.416 e. The molecule has 1 fully saturated rings. The number of halogens is 3. The molecule has 19 heavy (non-hydrogen) atoms. The van der Waals surface area contributed by atoms with Crippen molar-refractivity contribution in [2.75, 3.05) is 0 Å². The molecule has 5 heteroatoms. The Bertz CT molecular complexity index is 400. The molecule has 1 N–H and O–H groups in total. The number of rotatable bonds is 2. The summed E-state index contributed by atoms with van der Waals surface area (Å²) in [6.07, 6.45) is -0.766. The Morgan fingerprint density at radius 2 is 1.63 bits per heavy atom. The number of aliphatic hydroxyl groups is 1. The molecule has 0 radical (unpaired) electrons. The molecule has 2 nitrogen and oxygen atoms in total. The number of hydrogen-bond acceptors (Lipinski definition) is 2. The SMILES string of the molecule is OC1CCCCCC1Oc1ccc(C(F)(F)F)cc1. The first kappa shape index (κ1) is 14.2. The van der Waals surface area contributed by atoms with Crippen molar-refractivity contribution in [3.63, 3.8) is 0 Å². The summed E-state index contributed by atoms with van der Waals surface area (Å²) in [7, 11) is 0. The Morgan fingerprint density at radius 1 is 1.00 bits per heavy atom. The van der Waals surface area contributed by atoms with E-state index in [1.54, 1.807) is 0 Å². The standard InChI is InChI=1S/C14H17F3O2/c15-14(16,17)10-6-8-11(9-7-10)19-13-5-3-1-2-4-12(13)18/h6-9,12-13,18H,1-5H2. The summed E-state index contributed by atoms with van der Waals surface area (Å²) in [6.45, 7) is 0. The molecule has 2 atom stereocenters. The number of alkyl halides is 3. The fraction of sp³-hybridized carbons (Fsp3) is 0.571. The van der Waals surface area contributed by atoms with Crippen molar-refractivity contribution in [2.24, 2.45) is 0 Å². The van der Waals surface area contributed by atoms with Gasteiger partial charge in [-0.05, 0) is 43.5 Å². The van der Waals surface area contributed by atoms with E-state index in [9.17, 15) is 18.3 Å². The minimum absolute atomic E-state index is 0.320. The van der Waals surface area contributed by atoms with Crippen LogP contribution in [0.5, 0.6) is 5.75 Å². The molecule has 0 bridgehead atoms. The largest absolute Gasteiger partial charge is 0.488 e. The molecule has 106 valence electrons. The molecule has 0 spiro atoms. The molecule has 0 aromatic heterocycles. The van der Waals surface area contributed by atoms with Gasteiger partial charge in [-0.25, -0.2) is 0 Å². The van der Waals surface area contributed by atoms with Crippen LogP contribution in [0.15, 0.2) is 24.3 Å². The Kier molecular flexibility index (Phi) is 4.34. The van der Waals surface area contributed by atoms with E-state index in [0.29, 0.717) is 12.2 Å². The zero-order valence-electron chi connectivity index (χ0n) is 10.5. The van der Waals surface area contributed by atoms with Gasteiger partial charge in [0.2, 0.25) is 0 Å². The van der Waals surface area contributed by atoms with Gasteiger partial charge in [0.25, 0.3) is 0 Å². The highest BCUT2D eigenvalue weighted by Gasteiger charge is 2.30. The third-order valence-corrected chi connectivity index (χ3v) is 3.39. The van der Waals surface area contributed by atoms with Crippen molar-refractivity contribution < 1.29 is 23.0 Å². The van der Waals surface area contributed by atoms with Crippen molar-refractivity contribution in [3.05, 3.63) is 29.8 Å². The monoisotopic (exact) mass is 274 g/mol. The summed E-state index contributed by atoms with van der Waals surface area (Å²) in [6, 6.07) is 4.61. The van der Waals surface area contributed by atoms with Gasteiger partial charge in [-0.2, -0.15) is 13.2 Å². The predicted octanol–water partition coefficient (Wildman–Crippen LogP) is 3.78. The minimum atomic E-state index is -4.33. The molecule has 0 saturated heterocycles. The zero-order chi connectivity index (χ0) is 13.9. The van der Waals surface area contributed by atoms with Crippen molar-refractivity contribution in [1.29, 1.82) is 0 Å². The van der Waals surface area contributed by atoms with E-state index in [1.165, 1.54) is 12.1 Å². The summed E-state index contributed by atoms with van der Waals surface area (Å²) in [5.41, 5.74) is -0.693. The summed E-state index contributed by atoms with van der Waals surface area (Å²) >= 11 is 0. The van der Waals surface area contributed by atoms with E-state index in [4.69, 9.17) is 4.74 Å². The average molecular weight is 274 g/mol. The molecule has 0 amide bonds. The first-order chi connectivity index (χ1) is 8.97. The van der Waals surface area contributed by atoms with Crippen molar-refractivity contribution in [1.82, 2.24) is 0 Å². The van der Waals surface area contributed by atoms with Gasteiger partial charge in [-0.1, -0.05) is 12.8 Å². The highest BCUT2D eigenvalue weighted by atomic mass is 19.4. The molecule has 1 aliphatic carbocycles. The van der Waals surface area contributed by atoms with E-state index in [0.717, 1.165) is 37.8 Å². The lowest BCUT2D eigenvalue weighted by Gasteiger charge is -2.22. The fourth-order valence-corrected chi connectivity index (χ4v) is 2.29. The maximum absolute atomic E-state index is 12.4. The van der Waals surface area contributed by atoms with Crippen LogP contribution < -0.4 is 4.74 Å². The quantitative estimate of drug-likeness (QED) is 0.832. The van der Waals surface area contributed by atoms with Gasteiger partial charge in [0.05, 0.1) is 11.7 Å². The maximum atomic E-state index is 12.4. The summed E-state index contributed by atoms with van der Waals surface area (Å²) in [4.78, 5) is 0. The topological polar surface area (TPSA) is 29.5 Å². The molecular weight excluding hydrogens is 257 g/mol. The second-order valence-corrected chi connectivity index (χ2v) is 4.88. The molecule has 1 saturated carbocycles. The van der Waals surface area contributed by atoms with Crippen LogP contribution in [0, 0.1) is 0 Å². The lowest BCUT2D eigenvalue weighted by atomic mass is 10.1. The fourth-order valence-electron chi connectivity index (χ4n) is 2.29. The van der Waals surface area contributed by atoms with Crippen LogP contribution in [-0.2, 0) is 6.18 Å². The summed E-state index contributed by atoms with van der Waals surface area (Å²) in [5, 5.41) is 9.89. The Hall–Kier alpha value is -1.23. The first-order valence-corrected chi connectivity index (χ1v) is 6.49. The van der Waals surface area contributed by atoms with E-state index in [1.807, 2.05) is 0 Å². The first-order valence-electron chi connectivity index (χ1n) is 6.49. The van der Waals surface area contributed by atoms with Crippen LogP contribution in [-0.4, -0.2) is 17.3 Å². The minimum Gasteiger partial charge on any atom is -0.488 e. The lowest BCUT2D eigenvalue weighted by Crippen LogP contribution is -2.30. The summed E-state index contributed by atoms with van der Waals surface area (Å²) < 4.78 is 42.8. The third-order valence-electron chi connectivity index (χ3n) is 3.39. The van der Waals surface area contributed by atoms with Gasteiger partial charge in [0.1, 0.15) is 11.9 Å². The van der Waals surface area contributed by atoms with Crippen LogP contribution in [0.25, 0.3) is 0 Å². The molecule has 2 unspecified atom stereocenters. The number of ether oxygens (including phenoxy) is 1. The second-order valence-electron chi connectivity index (χ2n) is 4.88. The van der Waals surface area contributed by atoms with Gasteiger partial charge in [0, 0.05) is 0 Å². The van der Waals surface area contributed by atoms with Crippen LogP contribution in [0.4, 0.5) is 13.2 Å². The Labute approximate surface area is 110 Å². The molecular formula is C14H17F3O2. The normalized spacial score (nSPS) is 24.8. The summed E-state index contributed by atoms with van der Waals surface area (Å²) in [5.74, 6) is 0.374. The van der Waals surface area contributed by atoms with Crippen LogP contribution >= 0.6 is 0 Å². The van der Waals surface area contributed by atoms with Crippen molar-refractivity contribution >= 4 is 0 Å². The molecule has 1 aromatic rings. The molecule has 2 rings (SSSR count). The van der Waals surface area contributed by atoms with Gasteiger partial charge in [-0.15, -0.1) is 0 Å². The molecule has 0 heterocycles. The molecule has 1 aliphatic rings.